The Balaban J connectivity index is 2.31. The monoisotopic (exact) mass is 577 g/mol. The fourth-order valence-corrected chi connectivity index (χ4v) is 4.72. The highest BCUT2D eigenvalue weighted by atomic mass is 31.2. The number of aromatic amines is 1. The third-order valence-electron chi connectivity index (χ3n) is 4.76. The molecule has 2 aromatic rings. The van der Waals surface area contributed by atoms with E-state index in [2.05, 4.69) is 10.1 Å². The molecule has 2 rings (SSSR count). The fraction of sp³-hybridized carbons (Fsp3) is 0.500. The SMILES string of the molecule is Cc1cn([C@H](C)O[C@@H](COP=O)[C@@H](F)OP(=O)(N[C@@H](C)C(=O)OC(C)C)Oc2ccccc2)c(=O)[nH]c1=O. The van der Waals surface area contributed by atoms with Gasteiger partial charge in [0.1, 0.15) is 24.1 Å². The van der Waals surface area contributed by atoms with Gasteiger partial charge in [0.15, 0.2) is 0 Å². The number of ether oxygens (including phenoxy) is 2. The van der Waals surface area contributed by atoms with E-state index in [1.54, 1.807) is 32.0 Å². The van der Waals surface area contributed by atoms with Crippen molar-refractivity contribution in [2.24, 2.45) is 0 Å². The van der Waals surface area contributed by atoms with Gasteiger partial charge >= 0.3 is 28.1 Å². The van der Waals surface area contributed by atoms with Crippen LogP contribution in [0.5, 0.6) is 5.75 Å². The van der Waals surface area contributed by atoms with E-state index in [9.17, 15) is 23.5 Å². The van der Waals surface area contributed by atoms with Crippen molar-refractivity contribution in [2.45, 2.75) is 65.5 Å². The van der Waals surface area contributed by atoms with Crippen molar-refractivity contribution >= 4 is 22.4 Å². The number of aromatic nitrogens is 2. The number of para-hydroxylation sites is 1. The molecule has 5 atom stereocenters. The van der Waals surface area contributed by atoms with Gasteiger partial charge in [0, 0.05) is 11.8 Å². The lowest BCUT2D eigenvalue weighted by Crippen LogP contribution is -2.40. The highest BCUT2D eigenvalue weighted by Crippen LogP contribution is 2.47. The maximum atomic E-state index is 15.5. The molecule has 38 heavy (non-hydrogen) atoms. The second kappa shape index (κ2) is 14.4. The van der Waals surface area contributed by atoms with Gasteiger partial charge in [-0.25, -0.2) is 22.8 Å². The normalized spacial score (nSPS) is 16.4. The Labute approximate surface area is 219 Å². The van der Waals surface area contributed by atoms with E-state index >= 15 is 4.39 Å². The zero-order valence-corrected chi connectivity index (χ0v) is 23.1. The van der Waals surface area contributed by atoms with Crippen molar-refractivity contribution < 1.29 is 41.4 Å². The Hall–Kier alpha value is -2.73. The number of nitrogens with zero attached hydrogens (tertiary/aromatic N) is 1. The number of H-pyrrole nitrogens is 1. The number of carbonyl (C=O) groups excluding carboxylic acids is 1. The molecule has 0 saturated carbocycles. The van der Waals surface area contributed by atoms with Gasteiger partial charge in [-0.2, -0.15) is 5.09 Å². The third-order valence-corrected chi connectivity index (χ3v) is 6.65. The zero-order valence-electron chi connectivity index (χ0n) is 21.4. The van der Waals surface area contributed by atoms with E-state index < -0.39 is 71.1 Å². The maximum absolute atomic E-state index is 15.5. The van der Waals surface area contributed by atoms with Crippen molar-refractivity contribution in [1.29, 1.82) is 0 Å². The van der Waals surface area contributed by atoms with E-state index in [1.165, 1.54) is 39.1 Å². The molecule has 0 aliphatic heterocycles. The summed E-state index contributed by atoms with van der Waals surface area (Å²) in [5, 5.41) is 2.34. The number of aryl methyl sites for hydroxylation is 1. The van der Waals surface area contributed by atoms with Crippen LogP contribution in [0.4, 0.5) is 4.39 Å². The lowest BCUT2D eigenvalue weighted by molar-refractivity contribution is -0.150. The second-order valence-corrected chi connectivity index (χ2v) is 10.4. The van der Waals surface area contributed by atoms with Gasteiger partial charge in [-0.15, -0.1) is 0 Å². The van der Waals surface area contributed by atoms with Crippen LogP contribution in [0.2, 0.25) is 0 Å². The summed E-state index contributed by atoms with van der Waals surface area (Å²) in [5.41, 5.74) is -1.25. The average molecular weight is 577 g/mol. The van der Waals surface area contributed by atoms with Gasteiger partial charge in [0.2, 0.25) is 6.36 Å². The van der Waals surface area contributed by atoms with Gasteiger partial charge in [-0.3, -0.25) is 23.7 Å². The van der Waals surface area contributed by atoms with E-state index in [-0.39, 0.29) is 11.3 Å². The van der Waals surface area contributed by atoms with Crippen LogP contribution < -0.4 is 20.9 Å². The van der Waals surface area contributed by atoms with Crippen LogP contribution in [-0.4, -0.2) is 46.7 Å². The summed E-state index contributed by atoms with van der Waals surface area (Å²) in [5.74, 6) is -0.756. The summed E-state index contributed by atoms with van der Waals surface area (Å²) >= 11 is 0. The molecule has 0 amide bonds. The van der Waals surface area contributed by atoms with Gasteiger partial charge in [0.05, 0.1) is 12.7 Å². The smallest absolute Gasteiger partial charge is 0.462 e. The molecule has 16 heteroatoms. The van der Waals surface area contributed by atoms with Gasteiger partial charge < -0.3 is 14.0 Å². The summed E-state index contributed by atoms with van der Waals surface area (Å²) in [4.78, 5) is 38.2. The van der Waals surface area contributed by atoms with Crippen LogP contribution in [0.3, 0.4) is 0 Å². The van der Waals surface area contributed by atoms with E-state index in [0.29, 0.717) is 0 Å². The molecular weight excluding hydrogens is 547 g/mol. The van der Waals surface area contributed by atoms with E-state index in [0.717, 1.165) is 4.57 Å². The summed E-state index contributed by atoms with van der Waals surface area (Å²) in [6, 6.07) is 6.43. The number of rotatable bonds is 15. The zero-order chi connectivity index (χ0) is 28.5. The first kappa shape index (κ1) is 31.5. The van der Waals surface area contributed by atoms with Crippen LogP contribution in [0, 0.1) is 6.92 Å². The van der Waals surface area contributed by atoms with Gasteiger partial charge in [-0.05, 0) is 46.8 Å². The van der Waals surface area contributed by atoms with Crippen molar-refractivity contribution in [2.75, 3.05) is 6.61 Å². The molecule has 0 fully saturated rings. The quantitative estimate of drug-likeness (QED) is 0.235. The molecule has 0 radical (unpaired) electrons. The average Bonchev–Trinajstić information content (AvgIpc) is 2.83. The Bertz CT molecular complexity index is 1240. The standard InChI is InChI=1S/C22H30FN3O10P2/c1-13(2)33-21(28)15(4)25-38(31,35-17-9-7-6-8-10-17)36-19(23)18(12-32-37-30)34-16(5)26-11-14(3)20(27)24-22(26)29/h6-11,13,15-16,18-19H,12H2,1-5H3,(H,25,31)(H,24,27,29)/t15-,16-,18-,19-,38?/m0/s1. The van der Waals surface area contributed by atoms with Crippen molar-refractivity contribution in [1.82, 2.24) is 14.6 Å². The summed E-state index contributed by atoms with van der Waals surface area (Å²) in [7, 11) is -5.44. The van der Waals surface area contributed by atoms with Crippen LogP contribution in [0.15, 0.2) is 46.1 Å². The van der Waals surface area contributed by atoms with Gasteiger partial charge in [-0.1, -0.05) is 18.2 Å². The number of alkyl halides is 1. The molecule has 0 bridgehead atoms. The lowest BCUT2D eigenvalue weighted by atomic mass is 10.3. The van der Waals surface area contributed by atoms with E-state index in [1.807, 2.05) is 0 Å². The Morgan fingerprint density at radius 1 is 1.18 bits per heavy atom. The lowest BCUT2D eigenvalue weighted by Gasteiger charge is -2.29. The van der Waals surface area contributed by atoms with Crippen LogP contribution in [0.25, 0.3) is 0 Å². The largest absolute Gasteiger partial charge is 0.462 e. The summed E-state index contributed by atoms with van der Waals surface area (Å²) in [6.07, 6.45) is -4.69. The molecule has 13 nitrogen and oxygen atoms in total. The van der Waals surface area contributed by atoms with Crippen LogP contribution in [0.1, 0.15) is 39.5 Å². The molecule has 2 N–H and O–H groups in total. The number of carbonyl (C=O) groups is 1. The minimum Gasteiger partial charge on any atom is -0.462 e. The highest BCUT2D eigenvalue weighted by molar-refractivity contribution is 7.52. The second-order valence-electron chi connectivity index (χ2n) is 8.32. The first-order valence-electron chi connectivity index (χ1n) is 11.4. The molecule has 0 aliphatic rings. The first-order valence-corrected chi connectivity index (χ1v) is 13.7. The maximum Gasteiger partial charge on any atom is 0.462 e. The summed E-state index contributed by atoms with van der Waals surface area (Å²) < 4.78 is 66.8. The van der Waals surface area contributed by atoms with Gasteiger partial charge in [0.25, 0.3) is 5.56 Å². The molecule has 0 saturated heterocycles. The summed E-state index contributed by atoms with van der Waals surface area (Å²) in [6.45, 7) is 6.72. The van der Waals surface area contributed by atoms with Crippen molar-refractivity contribution in [3.8, 4) is 5.75 Å². The predicted octanol–water partition coefficient (Wildman–Crippen LogP) is 3.40. The number of esters is 1. The number of hydrogen-bond donors (Lipinski definition) is 2. The number of benzene rings is 1. The Morgan fingerprint density at radius 3 is 2.45 bits per heavy atom. The molecule has 1 aromatic heterocycles. The number of nitrogens with one attached hydrogen (secondary N) is 2. The molecular formula is C22H30FN3O10P2. The molecule has 1 unspecified atom stereocenters. The predicted molar refractivity (Wildman–Crippen MR) is 134 cm³/mol. The minimum atomic E-state index is -4.63. The molecule has 0 aliphatic carbocycles. The topological polar surface area (TPSA) is 164 Å². The minimum absolute atomic E-state index is 0.0374. The van der Waals surface area contributed by atoms with Crippen LogP contribution in [-0.2, 0) is 32.4 Å². The highest BCUT2D eigenvalue weighted by Gasteiger charge is 2.39. The third kappa shape index (κ3) is 9.54. The van der Waals surface area contributed by atoms with Crippen molar-refractivity contribution in [3.63, 3.8) is 0 Å². The number of hydrogen-bond acceptors (Lipinski definition) is 10. The van der Waals surface area contributed by atoms with E-state index in [4.69, 9.17) is 23.0 Å². The molecule has 0 spiro atoms. The van der Waals surface area contributed by atoms with Crippen LogP contribution >= 0.6 is 16.4 Å². The molecule has 210 valence electrons. The fourth-order valence-electron chi connectivity index (χ4n) is 2.98. The first-order chi connectivity index (χ1) is 17.8. The molecule has 1 heterocycles. The Morgan fingerprint density at radius 2 is 1.84 bits per heavy atom. The Kier molecular flexibility index (Phi) is 12.0. The van der Waals surface area contributed by atoms with Crippen molar-refractivity contribution in [3.05, 3.63) is 62.9 Å². The molecule has 1 aromatic carbocycles. The number of halogens is 1.